The number of nitro benzene ring substituents is 1. The van der Waals surface area contributed by atoms with Gasteiger partial charge in [0.1, 0.15) is 5.69 Å². The molecule has 0 aliphatic carbocycles. The van der Waals surface area contributed by atoms with Crippen LogP contribution in [0.15, 0.2) is 36.9 Å². The number of carbonyl (C=O) groups is 1. The number of imidazole rings is 1. The lowest BCUT2D eigenvalue weighted by molar-refractivity contribution is -0.383. The van der Waals surface area contributed by atoms with Crippen LogP contribution in [0.1, 0.15) is 10.4 Å². The molecule has 0 fully saturated rings. The Kier molecular flexibility index (Phi) is 4.50. The molecule has 2 rings (SSSR count). The van der Waals surface area contributed by atoms with Crippen molar-refractivity contribution in [2.45, 2.75) is 6.54 Å². The number of nitrogens with zero attached hydrogens (tertiary/aromatic N) is 3. The normalized spacial score (nSPS) is 10.1. The zero-order valence-corrected chi connectivity index (χ0v) is 11.4. The minimum Gasteiger partial charge on any atom is -0.383 e. The highest BCUT2D eigenvalue weighted by Gasteiger charge is 2.15. The molecule has 0 bridgehead atoms. The van der Waals surface area contributed by atoms with Crippen molar-refractivity contribution in [3.63, 3.8) is 0 Å². The van der Waals surface area contributed by atoms with Gasteiger partial charge in [0, 0.05) is 44.2 Å². The molecule has 1 amide bonds. The molecule has 2 aromatic rings. The summed E-state index contributed by atoms with van der Waals surface area (Å²) in [6.45, 7) is 1.05. The Bertz CT molecular complexity index is 639. The molecule has 0 spiro atoms. The summed E-state index contributed by atoms with van der Waals surface area (Å²) in [7, 11) is 1.57. The van der Waals surface area contributed by atoms with Gasteiger partial charge in [-0.05, 0) is 12.1 Å². The number of aromatic nitrogens is 2. The summed E-state index contributed by atoms with van der Waals surface area (Å²) in [4.78, 5) is 26.2. The molecule has 8 nitrogen and oxygen atoms in total. The zero-order valence-electron chi connectivity index (χ0n) is 11.4. The number of nitrogens with one attached hydrogen (secondary N) is 2. The molecule has 0 atom stereocenters. The second-order valence-corrected chi connectivity index (χ2v) is 4.30. The van der Waals surface area contributed by atoms with Gasteiger partial charge in [-0.2, -0.15) is 0 Å². The van der Waals surface area contributed by atoms with Gasteiger partial charge in [-0.1, -0.05) is 0 Å². The monoisotopic (exact) mass is 289 g/mol. The predicted octanol–water partition coefficient (Wildman–Crippen LogP) is 1.26. The molecule has 0 saturated carbocycles. The lowest BCUT2D eigenvalue weighted by Gasteiger charge is -2.08. The van der Waals surface area contributed by atoms with Gasteiger partial charge in [0.2, 0.25) is 0 Å². The average molecular weight is 289 g/mol. The van der Waals surface area contributed by atoms with E-state index in [1.165, 1.54) is 18.2 Å². The molecule has 0 aliphatic rings. The van der Waals surface area contributed by atoms with Crippen molar-refractivity contribution in [1.82, 2.24) is 14.9 Å². The molecule has 1 aromatic heterocycles. The number of anilines is 1. The molecule has 0 aliphatic heterocycles. The van der Waals surface area contributed by atoms with Gasteiger partial charge in [-0.25, -0.2) is 4.98 Å². The number of amides is 1. The van der Waals surface area contributed by atoms with Gasteiger partial charge in [0.05, 0.1) is 11.3 Å². The second kappa shape index (κ2) is 6.51. The lowest BCUT2D eigenvalue weighted by Crippen LogP contribution is -2.27. The van der Waals surface area contributed by atoms with E-state index in [0.29, 0.717) is 24.3 Å². The topological polar surface area (TPSA) is 102 Å². The number of hydrogen-bond acceptors (Lipinski definition) is 5. The molecule has 0 unspecified atom stereocenters. The Labute approximate surface area is 121 Å². The summed E-state index contributed by atoms with van der Waals surface area (Å²) in [6, 6.07) is 4.22. The molecular weight excluding hydrogens is 274 g/mol. The molecule has 0 saturated heterocycles. The van der Waals surface area contributed by atoms with Crippen LogP contribution in [-0.4, -0.2) is 34.0 Å². The van der Waals surface area contributed by atoms with Gasteiger partial charge in [-0.3, -0.25) is 14.9 Å². The van der Waals surface area contributed by atoms with Crippen LogP contribution < -0.4 is 10.6 Å². The van der Waals surface area contributed by atoms with Crippen LogP contribution in [-0.2, 0) is 6.54 Å². The maximum atomic E-state index is 12.0. The minimum atomic E-state index is -0.493. The third-order valence-electron chi connectivity index (χ3n) is 2.94. The second-order valence-electron chi connectivity index (χ2n) is 4.30. The Morgan fingerprint density at radius 1 is 1.48 bits per heavy atom. The first-order valence-corrected chi connectivity index (χ1v) is 6.32. The van der Waals surface area contributed by atoms with Crippen LogP contribution in [0.4, 0.5) is 11.4 Å². The molecule has 1 aromatic carbocycles. The molecule has 1 heterocycles. The SMILES string of the molecule is CNc1cc(C(=O)NCCn2ccnc2)ccc1[N+](=O)[O-]. The van der Waals surface area contributed by atoms with Crippen molar-refractivity contribution in [2.75, 3.05) is 18.9 Å². The smallest absolute Gasteiger partial charge is 0.292 e. The van der Waals surface area contributed by atoms with Gasteiger partial charge < -0.3 is 15.2 Å². The molecule has 110 valence electrons. The third kappa shape index (κ3) is 3.56. The Balaban J connectivity index is 2.00. The van der Waals surface area contributed by atoms with E-state index in [0.717, 1.165) is 0 Å². The molecular formula is C13H15N5O3. The molecule has 8 heteroatoms. The van der Waals surface area contributed by atoms with E-state index in [1.54, 1.807) is 25.8 Å². The summed E-state index contributed by atoms with van der Waals surface area (Å²) in [5.41, 5.74) is 0.616. The van der Waals surface area contributed by atoms with E-state index in [-0.39, 0.29) is 11.6 Å². The first-order chi connectivity index (χ1) is 10.1. The lowest BCUT2D eigenvalue weighted by atomic mass is 10.1. The Morgan fingerprint density at radius 3 is 2.90 bits per heavy atom. The number of nitro groups is 1. The quantitative estimate of drug-likeness (QED) is 0.615. The fraction of sp³-hybridized carbons (Fsp3) is 0.231. The van der Waals surface area contributed by atoms with E-state index in [2.05, 4.69) is 15.6 Å². The van der Waals surface area contributed by atoms with E-state index in [4.69, 9.17) is 0 Å². The van der Waals surface area contributed by atoms with E-state index in [1.807, 2.05) is 4.57 Å². The van der Waals surface area contributed by atoms with Crippen molar-refractivity contribution in [2.24, 2.45) is 0 Å². The molecule has 2 N–H and O–H groups in total. The van der Waals surface area contributed by atoms with Crippen LogP contribution in [0.5, 0.6) is 0 Å². The highest BCUT2D eigenvalue weighted by Crippen LogP contribution is 2.24. The average Bonchev–Trinajstić information content (AvgIpc) is 2.99. The maximum absolute atomic E-state index is 12.0. The molecule has 21 heavy (non-hydrogen) atoms. The van der Waals surface area contributed by atoms with Crippen LogP contribution in [0.3, 0.4) is 0 Å². The van der Waals surface area contributed by atoms with Crippen molar-refractivity contribution < 1.29 is 9.72 Å². The highest BCUT2D eigenvalue weighted by atomic mass is 16.6. The van der Waals surface area contributed by atoms with Gasteiger partial charge in [0.15, 0.2) is 0 Å². The standard InChI is InChI=1S/C13H15N5O3/c1-14-11-8-10(2-3-12(11)18(20)21)13(19)16-5-7-17-6-4-15-9-17/h2-4,6,8-9,14H,5,7H2,1H3,(H,16,19). The Hall–Kier alpha value is -2.90. The highest BCUT2D eigenvalue weighted by molar-refractivity contribution is 5.95. The number of hydrogen-bond donors (Lipinski definition) is 2. The van der Waals surface area contributed by atoms with E-state index < -0.39 is 4.92 Å². The third-order valence-corrected chi connectivity index (χ3v) is 2.94. The summed E-state index contributed by atoms with van der Waals surface area (Å²) >= 11 is 0. The zero-order chi connectivity index (χ0) is 15.2. The van der Waals surface area contributed by atoms with E-state index in [9.17, 15) is 14.9 Å². The number of rotatable bonds is 6. The summed E-state index contributed by atoms with van der Waals surface area (Å²) in [5.74, 6) is -0.276. The van der Waals surface area contributed by atoms with Crippen molar-refractivity contribution in [3.05, 3.63) is 52.6 Å². The number of carbonyl (C=O) groups excluding carboxylic acids is 1. The summed E-state index contributed by atoms with van der Waals surface area (Å²) in [5, 5.41) is 16.3. The van der Waals surface area contributed by atoms with Crippen molar-refractivity contribution in [1.29, 1.82) is 0 Å². The van der Waals surface area contributed by atoms with Crippen LogP contribution in [0.2, 0.25) is 0 Å². The van der Waals surface area contributed by atoms with Crippen LogP contribution >= 0.6 is 0 Å². The van der Waals surface area contributed by atoms with Gasteiger partial charge in [0.25, 0.3) is 11.6 Å². The van der Waals surface area contributed by atoms with Crippen LogP contribution in [0.25, 0.3) is 0 Å². The van der Waals surface area contributed by atoms with Crippen molar-refractivity contribution >= 4 is 17.3 Å². The van der Waals surface area contributed by atoms with Crippen LogP contribution in [0, 0.1) is 10.1 Å². The number of benzene rings is 1. The minimum absolute atomic E-state index is 0.0625. The first-order valence-electron chi connectivity index (χ1n) is 6.32. The fourth-order valence-corrected chi connectivity index (χ4v) is 1.86. The van der Waals surface area contributed by atoms with Gasteiger partial charge >= 0.3 is 0 Å². The van der Waals surface area contributed by atoms with Gasteiger partial charge in [-0.15, -0.1) is 0 Å². The largest absolute Gasteiger partial charge is 0.383 e. The first kappa shape index (κ1) is 14.5. The Morgan fingerprint density at radius 2 is 2.29 bits per heavy atom. The van der Waals surface area contributed by atoms with Crippen molar-refractivity contribution in [3.8, 4) is 0 Å². The van der Waals surface area contributed by atoms with E-state index >= 15 is 0 Å². The fourth-order valence-electron chi connectivity index (χ4n) is 1.86. The predicted molar refractivity (Wildman–Crippen MR) is 77.2 cm³/mol. The summed E-state index contributed by atoms with van der Waals surface area (Å²) in [6.07, 6.45) is 5.13. The molecule has 0 radical (unpaired) electrons. The summed E-state index contributed by atoms with van der Waals surface area (Å²) < 4.78 is 1.84. The maximum Gasteiger partial charge on any atom is 0.292 e.